The van der Waals surface area contributed by atoms with Crippen molar-refractivity contribution in [3.05, 3.63) is 40.5 Å². The molecule has 0 unspecified atom stereocenters. The molecule has 45 heavy (non-hydrogen) atoms. The lowest BCUT2D eigenvalue weighted by molar-refractivity contribution is -0.143. The minimum Gasteiger partial charge on any atom is -0.444 e. The largest absolute Gasteiger partial charge is 0.444 e. The van der Waals surface area contributed by atoms with Crippen LogP contribution < -0.4 is 5.32 Å². The quantitative estimate of drug-likeness (QED) is 0.225. The number of hydrogen-bond acceptors (Lipinski definition) is 7. The van der Waals surface area contributed by atoms with Gasteiger partial charge in [-0.05, 0) is 74.9 Å². The zero-order chi connectivity index (χ0) is 34.1. The highest BCUT2D eigenvalue weighted by Gasteiger charge is 2.48. The summed E-state index contributed by atoms with van der Waals surface area (Å²) in [5.41, 5.74) is 4.64. The van der Waals surface area contributed by atoms with E-state index in [9.17, 15) is 14.4 Å². The monoisotopic (exact) mass is 658 g/mol. The second-order valence-electron chi connectivity index (χ2n) is 15.8. The number of nitrogens with one attached hydrogen (secondary N) is 1. The van der Waals surface area contributed by atoms with Crippen molar-refractivity contribution in [1.82, 2.24) is 20.1 Å². The molecular weight excluding hydrogens is 605 g/mol. The normalized spacial score (nSPS) is 18.5. The van der Waals surface area contributed by atoms with Gasteiger partial charge < -0.3 is 24.3 Å². The number of benzene rings is 1. The first kappa shape index (κ1) is 36.7. The van der Waals surface area contributed by atoms with Gasteiger partial charge in [0.05, 0.1) is 22.2 Å². The van der Waals surface area contributed by atoms with Crippen LogP contribution in [-0.4, -0.2) is 72.0 Å². The van der Waals surface area contributed by atoms with Crippen LogP contribution in [0.15, 0.2) is 23.7 Å². The number of amides is 3. The summed E-state index contributed by atoms with van der Waals surface area (Å²) in [4.78, 5) is 49.0. The molecule has 3 atom stereocenters. The lowest BCUT2D eigenvalue weighted by Crippen LogP contribution is -2.58. The number of alkyl carbamates (subject to hydrolysis) is 1. The molecule has 0 spiro atoms. The number of carbonyl (C=O) groups excluding carboxylic acids is 3. The minimum absolute atomic E-state index is 0.0220. The molecule has 2 aromatic rings. The van der Waals surface area contributed by atoms with E-state index in [4.69, 9.17) is 9.16 Å². The van der Waals surface area contributed by atoms with Crippen LogP contribution in [0.3, 0.4) is 0 Å². The Morgan fingerprint density at radius 1 is 1.13 bits per heavy atom. The Labute approximate surface area is 275 Å². The predicted molar refractivity (Wildman–Crippen MR) is 183 cm³/mol. The Morgan fingerprint density at radius 3 is 2.27 bits per heavy atom. The molecule has 1 aliphatic heterocycles. The van der Waals surface area contributed by atoms with E-state index >= 15 is 0 Å². The van der Waals surface area contributed by atoms with E-state index < -0.39 is 37.6 Å². The Morgan fingerprint density at radius 2 is 1.78 bits per heavy atom. The second kappa shape index (κ2) is 13.5. The molecule has 2 heterocycles. The SMILES string of the molecule is Cc1cc(-c2scnc2C)ccc1CN(C=O)[C@@H]1C[C@@H](O[Si](C)(C)C(C)(C)C)CN1C(=O)[C@@H](NC(=O)OC(C)(C)C)C(C)(C)C. The van der Waals surface area contributed by atoms with Gasteiger partial charge >= 0.3 is 6.09 Å². The van der Waals surface area contributed by atoms with Crippen molar-refractivity contribution in [3.8, 4) is 10.4 Å². The fourth-order valence-corrected chi connectivity index (χ4v) is 7.41. The predicted octanol–water partition coefficient (Wildman–Crippen LogP) is 7.27. The number of aromatic nitrogens is 1. The minimum atomic E-state index is -2.18. The first-order valence-electron chi connectivity index (χ1n) is 15.7. The number of nitrogens with zero attached hydrogens (tertiary/aromatic N) is 3. The van der Waals surface area contributed by atoms with E-state index in [2.05, 4.69) is 56.3 Å². The number of rotatable bonds is 9. The van der Waals surface area contributed by atoms with E-state index in [0.29, 0.717) is 19.5 Å². The zero-order valence-corrected chi connectivity index (χ0v) is 31.3. The number of likely N-dealkylation sites (tertiary alicyclic amines) is 1. The van der Waals surface area contributed by atoms with Crippen molar-refractivity contribution in [1.29, 1.82) is 0 Å². The molecule has 1 N–H and O–H groups in total. The molecule has 11 heteroatoms. The summed E-state index contributed by atoms with van der Waals surface area (Å²) < 4.78 is 12.3. The summed E-state index contributed by atoms with van der Waals surface area (Å²) in [7, 11) is -2.18. The fraction of sp³-hybridized carbons (Fsp3) is 0.647. The van der Waals surface area contributed by atoms with Crippen molar-refractivity contribution in [2.24, 2.45) is 5.41 Å². The van der Waals surface area contributed by atoms with Crippen LogP contribution in [0.4, 0.5) is 4.79 Å². The van der Waals surface area contributed by atoms with Crippen LogP contribution >= 0.6 is 11.3 Å². The standard InChI is InChI=1S/C34H54N4O5SSi/c1-22-16-24(28-23(2)35-20-44-28)14-15-25(22)18-37(21-39)27-17-26(43-45(12,13)34(9,10)11)19-38(27)30(40)29(32(3,4)5)36-31(41)42-33(6,7)8/h14-16,20-21,26-27,29H,17-19H2,1-13H3,(H,36,41)/t26-,27+,29-/m1/s1. The van der Waals surface area contributed by atoms with Gasteiger partial charge in [0.2, 0.25) is 12.3 Å². The summed E-state index contributed by atoms with van der Waals surface area (Å²) in [6.07, 6.45) is -0.134. The molecule has 0 aliphatic carbocycles. The van der Waals surface area contributed by atoms with Crippen LogP contribution in [0, 0.1) is 19.3 Å². The maximum absolute atomic E-state index is 14.4. The molecule has 1 aromatic carbocycles. The molecular formula is C34H54N4O5SSi. The Balaban J connectivity index is 1.96. The fourth-order valence-electron chi connectivity index (χ4n) is 5.25. The van der Waals surface area contributed by atoms with Crippen LogP contribution in [-0.2, 0) is 25.3 Å². The van der Waals surface area contributed by atoms with Crippen molar-refractivity contribution in [2.75, 3.05) is 6.54 Å². The van der Waals surface area contributed by atoms with Gasteiger partial charge in [0.1, 0.15) is 17.8 Å². The van der Waals surface area contributed by atoms with E-state index in [-0.39, 0.29) is 17.0 Å². The van der Waals surface area contributed by atoms with Crippen LogP contribution in [0.2, 0.25) is 18.1 Å². The molecule has 1 saturated heterocycles. The smallest absolute Gasteiger partial charge is 0.408 e. The molecule has 0 saturated carbocycles. The van der Waals surface area contributed by atoms with Crippen molar-refractivity contribution >= 4 is 38.1 Å². The summed E-state index contributed by atoms with van der Waals surface area (Å²) in [6.45, 7) is 26.7. The molecule has 3 amide bonds. The topological polar surface area (TPSA) is 101 Å². The lowest BCUT2D eigenvalue weighted by atomic mass is 9.86. The van der Waals surface area contributed by atoms with Gasteiger partial charge in [-0.2, -0.15) is 0 Å². The average Bonchev–Trinajstić information content (AvgIpc) is 3.49. The molecule has 250 valence electrons. The highest BCUT2D eigenvalue weighted by atomic mass is 32.1. The molecule has 1 aromatic heterocycles. The maximum atomic E-state index is 14.4. The summed E-state index contributed by atoms with van der Waals surface area (Å²) in [6, 6.07) is 5.36. The zero-order valence-electron chi connectivity index (χ0n) is 29.5. The summed E-state index contributed by atoms with van der Waals surface area (Å²) in [5, 5.41) is 2.82. The number of ether oxygens (including phenoxy) is 1. The van der Waals surface area contributed by atoms with E-state index in [1.807, 2.05) is 46.2 Å². The van der Waals surface area contributed by atoms with E-state index in [1.165, 1.54) is 0 Å². The van der Waals surface area contributed by atoms with Crippen LogP contribution in [0.5, 0.6) is 0 Å². The van der Waals surface area contributed by atoms with Gasteiger partial charge in [-0.15, -0.1) is 11.3 Å². The lowest BCUT2D eigenvalue weighted by Gasteiger charge is -2.39. The molecule has 1 aliphatic rings. The second-order valence-corrected chi connectivity index (χ2v) is 21.4. The van der Waals surface area contributed by atoms with Gasteiger partial charge in [0, 0.05) is 19.5 Å². The Kier molecular flexibility index (Phi) is 11.0. The first-order chi connectivity index (χ1) is 20.5. The summed E-state index contributed by atoms with van der Waals surface area (Å²) in [5.74, 6) is -0.265. The first-order valence-corrected chi connectivity index (χ1v) is 19.5. The van der Waals surface area contributed by atoms with Crippen LogP contribution in [0.25, 0.3) is 10.4 Å². The third kappa shape index (κ3) is 9.16. The molecule has 0 radical (unpaired) electrons. The molecule has 0 bridgehead atoms. The van der Waals surface area contributed by atoms with Gasteiger partial charge in [-0.25, -0.2) is 9.78 Å². The third-order valence-electron chi connectivity index (χ3n) is 8.78. The Hall–Kier alpha value is -2.76. The van der Waals surface area contributed by atoms with E-state index in [0.717, 1.165) is 33.7 Å². The maximum Gasteiger partial charge on any atom is 0.408 e. The molecule has 3 rings (SSSR count). The van der Waals surface area contributed by atoms with Crippen molar-refractivity contribution < 1.29 is 23.5 Å². The van der Waals surface area contributed by atoms with Gasteiger partial charge in [-0.1, -0.05) is 59.7 Å². The molecule has 9 nitrogen and oxygen atoms in total. The number of aryl methyl sites for hydroxylation is 2. The number of hydrogen-bond donors (Lipinski definition) is 1. The highest BCUT2D eigenvalue weighted by Crippen LogP contribution is 2.40. The number of thiazole rings is 1. The third-order valence-corrected chi connectivity index (χ3v) is 14.3. The molecule has 1 fully saturated rings. The van der Waals surface area contributed by atoms with Gasteiger partial charge in [0.15, 0.2) is 8.32 Å². The average molecular weight is 659 g/mol. The van der Waals surface area contributed by atoms with Crippen molar-refractivity contribution in [2.45, 2.75) is 131 Å². The van der Waals surface area contributed by atoms with Gasteiger partial charge in [-0.3, -0.25) is 9.59 Å². The van der Waals surface area contributed by atoms with Crippen LogP contribution in [0.1, 0.15) is 85.6 Å². The summed E-state index contributed by atoms with van der Waals surface area (Å²) >= 11 is 1.61. The highest BCUT2D eigenvalue weighted by molar-refractivity contribution is 7.13. The van der Waals surface area contributed by atoms with E-state index in [1.54, 1.807) is 41.9 Å². The Bertz CT molecular complexity index is 1370. The van der Waals surface area contributed by atoms with Gasteiger partial charge in [0.25, 0.3) is 0 Å². The van der Waals surface area contributed by atoms with Crippen molar-refractivity contribution in [3.63, 3.8) is 0 Å². The number of carbonyl (C=O) groups is 3.